The molecule has 2 heterocycles. The molecule has 1 saturated heterocycles. The van der Waals surface area contributed by atoms with E-state index in [0.29, 0.717) is 0 Å². The van der Waals surface area contributed by atoms with Gasteiger partial charge < -0.3 is 19.1 Å². The van der Waals surface area contributed by atoms with E-state index in [4.69, 9.17) is 18.5 Å². The van der Waals surface area contributed by atoms with Crippen molar-refractivity contribution < 1.29 is 33.0 Å². The third kappa shape index (κ3) is 5.43. The van der Waals surface area contributed by atoms with Crippen molar-refractivity contribution in [3.05, 3.63) is 99.3 Å². The number of nitrogens with zero attached hydrogens (tertiary/aromatic N) is 2. The summed E-state index contributed by atoms with van der Waals surface area (Å²) in [5, 5.41) is 23.5. The van der Waals surface area contributed by atoms with Gasteiger partial charge in [-0.3, -0.25) is 23.7 Å². The first-order valence-corrected chi connectivity index (χ1v) is 14.7. The van der Waals surface area contributed by atoms with E-state index >= 15 is 0 Å². The molecule has 3 N–H and O–H groups in total. The van der Waals surface area contributed by atoms with Crippen LogP contribution in [0.1, 0.15) is 31.9 Å². The number of aromatic nitrogens is 2. The monoisotopic (exact) mass is 596 g/mol. The Balaban J connectivity index is 1.32. The van der Waals surface area contributed by atoms with Gasteiger partial charge in [0, 0.05) is 18.7 Å². The Labute approximate surface area is 240 Å². The van der Waals surface area contributed by atoms with Crippen molar-refractivity contribution in [1.29, 1.82) is 5.26 Å². The first-order valence-electron chi connectivity index (χ1n) is 13.1. The maximum absolute atomic E-state index is 13.9. The number of hydrogen-bond acceptors (Lipinski definition) is 10. The van der Waals surface area contributed by atoms with Gasteiger partial charge in [0.15, 0.2) is 5.72 Å². The first kappa shape index (κ1) is 29.4. The predicted molar refractivity (Wildman–Crippen MR) is 147 cm³/mol. The molecule has 220 valence electrons. The van der Waals surface area contributed by atoms with Crippen LogP contribution < -0.4 is 20.9 Å². The number of benzene rings is 2. The molecule has 1 saturated carbocycles. The molecule has 2 aliphatic rings. The number of esters is 1. The fourth-order valence-electron chi connectivity index (χ4n) is 5.07. The molecule has 42 heavy (non-hydrogen) atoms. The lowest BCUT2D eigenvalue weighted by Gasteiger charge is -2.26. The second-order valence-corrected chi connectivity index (χ2v) is 11.9. The summed E-state index contributed by atoms with van der Waals surface area (Å²) in [4.78, 5) is 39.0. The number of fused-ring (bicyclic) bond motifs is 1. The standard InChI is InChI=1S/C28H29N4O9P/c1-18(25(35)39-19(2)20-9-5-3-6-10-20)31-42(37,41-21-11-7-4-8-12-21)38-15-22-24(34)27(17-29)16-28(27,40-22)32-14-13-23(33)30-26(32)36/h3-14,18-19,22,24,34H,15-16H2,1-2H3,(H,31,37)(H,30,33,36)/t18-,19+,22+,24+,27+,28+,42?/m0/s1. The minimum absolute atomic E-state index is 0.0149. The molecule has 1 unspecified atom stereocenters. The molecular formula is C28H29N4O9P. The fourth-order valence-corrected chi connectivity index (χ4v) is 6.57. The van der Waals surface area contributed by atoms with E-state index in [-0.39, 0.29) is 12.2 Å². The highest BCUT2D eigenvalue weighted by atomic mass is 31.2. The predicted octanol–water partition coefficient (Wildman–Crippen LogP) is 2.35. The highest BCUT2D eigenvalue weighted by molar-refractivity contribution is 7.52. The highest BCUT2D eigenvalue weighted by Gasteiger charge is 2.82. The van der Waals surface area contributed by atoms with Gasteiger partial charge in [0.1, 0.15) is 35.5 Å². The molecule has 7 atom stereocenters. The lowest BCUT2D eigenvalue weighted by Crippen LogP contribution is -2.39. The van der Waals surface area contributed by atoms with Gasteiger partial charge in [0.2, 0.25) is 0 Å². The third-order valence-corrected chi connectivity index (χ3v) is 8.99. The second kappa shape index (κ2) is 11.3. The molecule has 1 aromatic heterocycles. The molecule has 0 bridgehead atoms. The molecule has 14 heteroatoms. The van der Waals surface area contributed by atoms with Gasteiger partial charge in [-0.1, -0.05) is 48.5 Å². The number of hydrogen-bond donors (Lipinski definition) is 3. The van der Waals surface area contributed by atoms with Crippen molar-refractivity contribution in [3.63, 3.8) is 0 Å². The minimum atomic E-state index is -4.33. The number of carbonyl (C=O) groups excluding carboxylic acids is 1. The molecule has 0 amide bonds. The normalized spacial score (nSPS) is 27.1. The zero-order valence-corrected chi connectivity index (χ0v) is 23.6. The Morgan fingerprint density at radius 3 is 2.50 bits per heavy atom. The molecule has 13 nitrogen and oxygen atoms in total. The average Bonchev–Trinajstić information content (AvgIpc) is 3.58. The SMILES string of the molecule is C[C@H](NP(=O)(OC[C@H]1O[C@]2(n3ccc(=O)[nH]c3=O)C[C@@]2(C#N)[C@@H]1O)Oc1ccccc1)C(=O)O[C@H](C)c1ccccc1. The number of nitriles is 1. The van der Waals surface area contributed by atoms with E-state index in [1.165, 1.54) is 25.3 Å². The van der Waals surface area contributed by atoms with Gasteiger partial charge >= 0.3 is 19.4 Å². The van der Waals surface area contributed by atoms with Crippen LogP contribution in [0, 0.1) is 16.7 Å². The van der Waals surface area contributed by atoms with Crippen molar-refractivity contribution in [3.8, 4) is 11.8 Å². The first-order chi connectivity index (χ1) is 20.0. The average molecular weight is 597 g/mol. The van der Waals surface area contributed by atoms with E-state index in [1.807, 2.05) is 36.4 Å². The summed E-state index contributed by atoms with van der Waals surface area (Å²) < 4.78 is 37.8. The number of carbonyl (C=O) groups is 1. The van der Waals surface area contributed by atoms with Gasteiger partial charge in [-0.15, -0.1) is 0 Å². The van der Waals surface area contributed by atoms with Crippen LogP contribution in [0.15, 0.2) is 82.5 Å². The summed E-state index contributed by atoms with van der Waals surface area (Å²) >= 11 is 0. The lowest BCUT2D eigenvalue weighted by molar-refractivity contribution is -0.150. The Hall–Kier alpha value is -4.05. The van der Waals surface area contributed by atoms with Gasteiger partial charge in [-0.05, 0) is 31.5 Å². The maximum atomic E-state index is 13.9. The van der Waals surface area contributed by atoms with Gasteiger partial charge in [-0.25, -0.2) is 9.36 Å². The quantitative estimate of drug-likeness (QED) is 0.218. The van der Waals surface area contributed by atoms with E-state index in [9.17, 15) is 29.3 Å². The van der Waals surface area contributed by atoms with Crippen LogP contribution in [0.3, 0.4) is 0 Å². The Morgan fingerprint density at radius 2 is 1.86 bits per heavy atom. The Kier molecular flexibility index (Phi) is 7.94. The van der Waals surface area contributed by atoms with E-state index in [2.05, 4.69) is 10.1 Å². The number of aliphatic hydroxyl groups excluding tert-OH is 1. The fraction of sp³-hybridized carbons (Fsp3) is 0.357. The topological polar surface area (TPSA) is 182 Å². The van der Waals surface area contributed by atoms with E-state index in [0.717, 1.165) is 16.2 Å². The van der Waals surface area contributed by atoms with E-state index in [1.54, 1.807) is 25.1 Å². The number of H-pyrrole nitrogens is 1. The van der Waals surface area contributed by atoms with Crippen molar-refractivity contribution >= 4 is 13.7 Å². The molecule has 0 spiro atoms. The van der Waals surface area contributed by atoms with Crippen LogP contribution in [0.2, 0.25) is 0 Å². The summed E-state index contributed by atoms with van der Waals surface area (Å²) in [7, 11) is -4.33. The van der Waals surface area contributed by atoms with Crippen LogP contribution in [-0.4, -0.2) is 45.5 Å². The largest absolute Gasteiger partial charge is 0.459 e. The van der Waals surface area contributed by atoms with Crippen LogP contribution in [0.5, 0.6) is 5.75 Å². The van der Waals surface area contributed by atoms with Crippen LogP contribution >= 0.6 is 7.75 Å². The number of aromatic amines is 1. The Bertz CT molecular complexity index is 1660. The van der Waals surface area contributed by atoms with Gasteiger partial charge in [0.25, 0.3) is 5.56 Å². The summed E-state index contributed by atoms with van der Waals surface area (Å²) in [5.41, 5.74) is -3.74. The zero-order chi connectivity index (χ0) is 30.1. The van der Waals surface area contributed by atoms with Crippen molar-refractivity contribution in [1.82, 2.24) is 14.6 Å². The molecule has 3 aromatic rings. The maximum Gasteiger partial charge on any atom is 0.459 e. The van der Waals surface area contributed by atoms with Gasteiger partial charge in [0.05, 0.1) is 12.7 Å². The molecule has 1 aliphatic carbocycles. The molecule has 5 rings (SSSR count). The zero-order valence-electron chi connectivity index (χ0n) is 22.7. The van der Waals surface area contributed by atoms with Crippen molar-refractivity contribution in [2.24, 2.45) is 5.41 Å². The summed E-state index contributed by atoms with van der Waals surface area (Å²) in [6, 6.07) is 19.2. The van der Waals surface area contributed by atoms with Crippen LogP contribution in [0.25, 0.3) is 0 Å². The van der Waals surface area contributed by atoms with Crippen molar-refractivity contribution in [2.45, 2.75) is 50.3 Å². The third-order valence-electron chi connectivity index (χ3n) is 7.35. The number of aliphatic hydroxyl groups is 1. The van der Waals surface area contributed by atoms with Crippen LogP contribution in [-0.2, 0) is 29.1 Å². The number of para-hydroxylation sites is 1. The number of rotatable bonds is 11. The summed E-state index contributed by atoms with van der Waals surface area (Å²) in [6.45, 7) is 2.60. The molecule has 2 aromatic carbocycles. The minimum Gasteiger partial charge on any atom is -0.457 e. The van der Waals surface area contributed by atoms with Gasteiger partial charge in [-0.2, -0.15) is 10.3 Å². The number of nitrogens with one attached hydrogen (secondary N) is 2. The summed E-state index contributed by atoms with van der Waals surface area (Å²) in [6.07, 6.45) is -2.07. The molecule has 0 radical (unpaired) electrons. The number of ether oxygens (including phenoxy) is 2. The molecular weight excluding hydrogens is 567 g/mol. The van der Waals surface area contributed by atoms with Crippen LogP contribution in [0.4, 0.5) is 0 Å². The smallest absolute Gasteiger partial charge is 0.457 e. The molecule has 2 fully saturated rings. The second-order valence-electron chi connectivity index (χ2n) is 10.2. The highest BCUT2D eigenvalue weighted by Crippen LogP contribution is 2.69. The van der Waals surface area contributed by atoms with E-state index < -0.39 is 67.1 Å². The molecule has 1 aliphatic heterocycles. The Morgan fingerprint density at radius 1 is 1.19 bits per heavy atom. The van der Waals surface area contributed by atoms with Crippen molar-refractivity contribution in [2.75, 3.05) is 6.61 Å². The summed E-state index contributed by atoms with van der Waals surface area (Å²) in [5.74, 6) is -0.544. The lowest BCUT2D eigenvalue weighted by atomic mass is 9.97.